The van der Waals surface area contributed by atoms with Crippen LogP contribution in [-0.2, 0) is 24.3 Å². The van der Waals surface area contributed by atoms with E-state index in [-0.39, 0.29) is 12.3 Å². The number of likely N-dealkylation sites (tertiary alicyclic amines) is 1. The molecule has 2 N–H and O–H groups in total. The first-order valence-corrected chi connectivity index (χ1v) is 9.94. The number of amides is 1. The van der Waals surface area contributed by atoms with Crippen LogP contribution in [0.1, 0.15) is 40.9 Å². The second kappa shape index (κ2) is 8.06. The maximum absolute atomic E-state index is 12.5. The van der Waals surface area contributed by atoms with Gasteiger partial charge < -0.3 is 10.2 Å². The molecule has 0 radical (unpaired) electrons. The number of aryl methyl sites for hydroxylation is 2. The zero-order valence-corrected chi connectivity index (χ0v) is 16.5. The van der Waals surface area contributed by atoms with E-state index in [4.69, 9.17) is 0 Å². The van der Waals surface area contributed by atoms with E-state index >= 15 is 0 Å². The number of nitrogens with one attached hydrogen (secondary N) is 2. The van der Waals surface area contributed by atoms with Crippen molar-refractivity contribution in [3.63, 3.8) is 0 Å². The van der Waals surface area contributed by atoms with Gasteiger partial charge in [-0.1, -0.05) is 24.3 Å². The second-order valence-electron chi connectivity index (χ2n) is 7.64. The van der Waals surface area contributed by atoms with E-state index in [0.29, 0.717) is 12.3 Å². The summed E-state index contributed by atoms with van der Waals surface area (Å²) in [5.41, 5.74) is 5.11. The Bertz CT molecular complexity index is 972. The van der Waals surface area contributed by atoms with Crippen LogP contribution in [0.5, 0.6) is 0 Å². The van der Waals surface area contributed by atoms with Crippen LogP contribution >= 0.6 is 0 Å². The highest BCUT2D eigenvalue weighted by Gasteiger charge is 2.16. The minimum absolute atomic E-state index is 0.0157. The summed E-state index contributed by atoms with van der Waals surface area (Å²) in [6.45, 7) is 8.05. The van der Waals surface area contributed by atoms with Crippen molar-refractivity contribution in [1.29, 1.82) is 0 Å². The third-order valence-electron chi connectivity index (χ3n) is 5.60. The van der Waals surface area contributed by atoms with E-state index in [2.05, 4.69) is 44.6 Å². The zero-order chi connectivity index (χ0) is 19.5. The summed E-state index contributed by atoms with van der Waals surface area (Å²) in [4.78, 5) is 22.7. The van der Waals surface area contributed by atoms with Crippen molar-refractivity contribution >= 4 is 11.7 Å². The standard InChI is InChI=1S/C21H26N6O/c1-15-19(16(2)27-21(25-15)23-14-24-27)11-20(28)22-12-17-5-7-18(8-6-17)13-26-9-3-4-10-26/h5-8,14H,3-4,9-13H2,1-2H3,(H,22,28)/p+1. The fourth-order valence-electron chi connectivity index (χ4n) is 3.95. The zero-order valence-electron chi connectivity index (χ0n) is 16.5. The van der Waals surface area contributed by atoms with Gasteiger partial charge in [0.05, 0.1) is 19.5 Å². The maximum Gasteiger partial charge on any atom is 0.252 e. The molecule has 146 valence electrons. The van der Waals surface area contributed by atoms with Crippen LogP contribution in [0.15, 0.2) is 30.6 Å². The van der Waals surface area contributed by atoms with Crippen molar-refractivity contribution < 1.29 is 9.69 Å². The molecule has 1 amide bonds. The quantitative estimate of drug-likeness (QED) is 0.664. The molecule has 0 saturated carbocycles. The molecule has 0 atom stereocenters. The Kier molecular flexibility index (Phi) is 5.34. The largest absolute Gasteiger partial charge is 0.352 e. The lowest BCUT2D eigenvalue weighted by molar-refractivity contribution is -0.901. The predicted molar refractivity (Wildman–Crippen MR) is 106 cm³/mol. The molecule has 1 fully saturated rings. The number of rotatable bonds is 6. The first-order valence-electron chi connectivity index (χ1n) is 9.94. The van der Waals surface area contributed by atoms with Crippen molar-refractivity contribution in [2.45, 2.75) is 46.2 Å². The van der Waals surface area contributed by atoms with Crippen molar-refractivity contribution in [2.75, 3.05) is 13.1 Å². The summed E-state index contributed by atoms with van der Waals surface area (Å²) in [7, 11) is 0. The first kappa shape index (κ1) is 18.6. The molecule has 0 unspecified atom stereocenters. The van der Waals surface area contributed by atoms with Gasteiger partial charge in [0.2, 0.25) is 5.91 Å². The van der Waals surface area contributed by atoms with Crippen molar-refractivity contribution in [3.8, 4) is 0 Å². The number of hydrogen-bond acceptors (Lipinski definition) is 4. The van der Waals surface area contributed by atoms with E-state index in [1.807, 2.05) is 13.8 Å². The summed E-state index contributed by atoms with van der Waals surface area (Å²) in [6, 6.07) is 8.60. The average molecular weight is 379 g/mol. The van der Waals surface area contributed by atoms with Crippen molar-refractivity contribution in [1.82, 2.24) is 24.9 Å². The Labute approximate surface area is 164 Å². The summed E-state index contributed by atoms with van der Waals surface area (Å²) in [5, 5.41) is 7.19. The lowest BCUT2D eigenvalue weighted by Crippen LogP contribution is -3.08. The normalized spacial score (nSPS) is 14.6. The van der Waals surface area contributed by atoms with Crippen LogP contribution in [0.3, 0.4) is 0 Å². The molecule has 3 aromatic rings. The Balaban J connectivity index is 1.34. The van der Waals surface area contributed by atoms with Crippen LogP contribution in [0.2, 0.25) is 0 Å². The molecule has 4 rings (SSSR count). The molecule has 7 nitrogen and oxygen atoms in total. The fraction of sp³-hybridized carbons (Fsp3) is 0.429. The van der Waals surface area contributed by atoms with Crippen molar-refractivity contribution in [2.24, 2.45) is 0 Å². The van der Waals surface area contributed by atoms with Gasteiger partial charge in [0.15, 0.2) is 0 Å². The molecule has 7 heteroatoms. The smallest absolute Gasteiger partial charge is 0.252 e. The van der Waals surface area contributed by atoms with Gasteiger partial charge in [0, 0.05) is 41.9 Å². The Morgan fingerprint density at radius 1 is 1.14 bits per heavy atom. The van der Waals surface area contributed by atoms with Crippen LogP contribution in [0.25, 0.3) is 5.78 Å². The van der Waals surface area contributed by atoms with E-state index in [0.717, 1.165) is 29.1 Å². The maximum atomic E-state index is 12.5. The number of hydrogen-bond donors (Lipinski definition) is 2. The lowest BCUT2D eigenvalue weighted by atomic mass is 10.1. The highest BCUT2D eigenvalue weighted by atomic mass is 16.1. The minimum atomic E-state index is -0.0157. The molecule has 1 aromatic carbocycles. The van der Waals surface area contributed by atoms with E-state index in [9.17, 15) is 4.79 Å². The topological polar surface area (TPSA) is 76.6 Å². The summed E-state index contributed by atoms with van der Waals surface area (Å²) >= 11 is 0. The Morgan fingerprint density at radius 3 is 2.61 bits per heavy atom. The van der Waals surface area contributed by atoms with E-state index < -0.39 is 0 Å². The average Bonchev–Trinajstić information content (AvgIpc) is 3.36. The number of fused-ring (bicyclic) bond motifs is 1. The van der Waals surface area contributed by atoms with Crippen LogP contribution in [0, 0.1) is 13.8 Å². The fourth-order valence-corrected chi connectivity index (χ4v) is 3.95. The van der Waals surface area contributed by atoms with Crippen molar-refractivity contribution in [3.05, 3.63) is 58.7 Å². The third-order valence-corrected chi connectivity index (χ3v) is 5.60. The molecule has 1 aliphatic heterocycles. The predicted octanol–water partition coefficient (Wildman–Crippen LogP) is 0.779. The molecule has 28 heavy (non-hydrogen) atoms. The van der Waals surface area contributed by atoms with E-state index in [1.54, 1.807) is 9.42 Å². The Hall–Kier alpha value is -2.80. The van der Waals surface area contributed by atoms with Gasteiger partial charge in [-0.05, 0) is 19.4 Å². The number of carbonyl (C=O) groups is 1. The number of benzene rings is 1. The first-order chi connectivity index (χ1) is 13.6. The van der Waals surface area contributed by atoms with Gasteiger partial charge in [-0.3, -0.25) is 4.79 Å². The van der Waals surface area contributed by atoms with E-state index in [1.165, 1.54) is 37.8 Å². The van der Waals surface area contributed by atoms with Gasteiger partial charge in [-0.15, -0.1) is 0 Å². The highest BCUT2D eigenvalue weighted by Crippen LogP contribution is 2.13. The summed E-state index contributed by atoms with van der Waals surface area (Å²) in [6.07, 6.45) is 4.46. The molecule has 2 aromatic heterocycles. The molecular weight excluding hydrogens is 352 g/mol. The molecule has 0 spiro atoms. The van der Waals surface area contributed by atoms with Gasteiger partial charge in [-0.25, -0.2) is 9.50 Å². The lowest BCUT2D eigenvalue weighted by Gasteiger charge is -2.13. The van der Waals surface area contributed by atoms with Gasteiger partial charge in [0.25, 0.3) is 5.78 Å². The highest BCUT2D eigenvalue weighted by molar-refractivity contribution is 5.79. The van der Waals surface area contributed by atoms with Gasteiger partial charge in [0.1, 0.15) is 12.9 Å². The molecule has 1 aliphatic rings. The minimum Gasteiger partial charge on any atom is -0.352 e. The second-order valence-corrected chi connectivity index (χ2v) is 7.64. The van der Waals surface area contributed by atoms with Crippen LogP contribution < -0.4 is 10.2 Å². The number of aromatic nitrogens is 4. The van der Waals surface area contributed by atoms with Crippen LogP contribution in [0.4, 0.5) is 0 Å². The van der Waals surface area contributed by atoms with Crippen LogP contribution in [-0.4, -0.2) is 38.6 Å². The monoisotopic (exact) mass is 379 g/mol. The number of nitrogens with zero attached hydrogens (tertiary/aromatic N) is 4. The molecule has 3 heterocycles. The molecule has 0 aliphatic carbocycles. The molecular formula is C21H27N6O+. The number of quaternary nitrogens is 1. The Morgan fingerprint density at radius 2 is 1.86 bits per heavy atom. The van der Waals surface area contributed by atoms with Gasteiger partial charge in [-0.2, -0.15) is 10.1 Å². The SMILES string of the molecule is Cc1nc2ncnn2c(C)c1CC(=O)NCc1ccc(C[NH+]2CCCC2)cc1. The summed E-state index contributed by atoms with van der Waals surface area (Å²) < 4.78 is 1.68. The molecule has 0 bridgehead atoms. The third kappa shape index (κ3) is 4.04. The van der Waals surface area contributed by atoms with Gasteiger partial charge >= 0.3 is 0 Å². The summed E-state index contributed by atoms with van der Waals surface area (Å²) in [5.74, 6) is 0.549. The molecule has 1 saturated heterocycles. The number of carbonyl (C=O) groups excluding carboxylic acids is 1.